The van der Waals surface area contributed by atoms with Crippen molar-refractivity contribution in [1.29, 1.82) is 0 Å². The van der Waals surface area contributed by atoms with Crippen molar-refractivity contribution >= 4 is 32.8 Å². The topological polar surface area (TPSA) is 51.6 Å². The van der Waals surface area contributed by atoms with Gasteiger partial charge in [-0.2, -0.15) is 0 Å². The minimum Gasteiger partial charge on any atom is -0.254 e. The Kier molecular flexibility index (Phi) is 5.75. The molecule has 0 aliphatic heterocycles. The van der Waals surface area contributed by atoms with Gasteiger partial charge in [0, 0.05) is 39.2 Å². The Morgan fingerprint density at radius 2 is 1.02 bits per heavy atom. The lowest BCUT2D eigenvalue weighted by molar-refractivity contribution is 1.29. The maximum Gasteiger partial charge on any atom is 0.0973 e. The summed E-state index contributed by atoms with van der Waals surface area (Å²) in [7, 11) is 0. The third-order valence-corrected chi connectivity index (χ3v) is 7.69. The van der Waals surface area contributed by atoms with Gasteiger partial charge in [0.25, 0.3) is 0 Å². The van der Waals surface area contributed by atoms with Crippen LogP contribution in [-0.2, 0) is 0 Å². The fraction of sp³-hybridized carbons (Fsp3) is 0. The number of rotatable bonds is 4. The summed E-state index contributed by atoms with van der Waals surface area (Å²) in [5.74, 6) is 0. The predicted molar refractivity (Wildman–Crippen MR) is 172 cm³/mol. The zero-order valence-corrected chi connectivity index (χ0v) is 22.6. The van der Waals surface area contributed by atoms with Crippen LogP contribution in [0.25, 0.3) is 77.7 Å². The summed E-state index contributed by atoms with van der Waals surface area (Å²) >= 11 is 0. The summed E-state index contributed by atoms with van der Waals surface area (Å²) in [6.45, 7) is 0. The second-order valence-electron chi connectivity index (χ2n) is 10.3. The highest BCUT2D eigenvalue weighted by molar-refractivity contribution is 6.03. The van der Waals surface area contributed by atoms with Crippen LogP contribution < -0.4 is 0 Å². The van der Waals surface area contributed by atoms with E-state index in [1.165, 1.54) is 0 Å². The molecule has 8 rings (SSSR count). The van der Waals surface area contributed by atoms with Gasteiger partial charge in [0.2, 0.25) is 0 Å². The van der Waals surface area contributed by atoms with Crippen molar-refractivity contribution in [3.8, 4) is 44.9 Å². The first-order valence-electron chi connectivity index (χ1n) is 14.0. The fourth-order valence-corrected chi connectivity index (χ4v) is 5.64. The molecule has 0 radical (unpaired) electrons. The number of nitrogens with zero attached hydrogens (tertiary/aromatic N) is 4. The van der Waals surface area contributed by atoms with Crippen LogP contribution in [0.1, 0.15) is 0 Å². The predicted octanol–water partition coefficient (Wildman–Crippen LogP) is 9.39. The summed E-state index contributed by atoms with van der Waals surface area (Å²) in [5.41, 5.74) is 11.4. The molecule has 4 heteroatoms. The first kappa shape index (κ1) is 24.1. The smallest absolute Gasteiger partial charge is 0.0973 e. The van der Waals surface area contributed by atoms with Gasteiger partial charge in [-0.15, -0.1) is 0 Å². The number of hydrogen-bond acceptors (Lipinski definition) is 4. The van der Waals surface area contributed by atoms with Crippen molar-refractivity contribution in [2.24, 2.45) is 0 Å². The molecular formula is C38H24N4. The zero-order chi connectivity index (χ0) is 27.9. The lowest BCUT2D eigenvalue weighted by Crippen LogP contribution is -1.97. The molecule has 8 aromatic rings. The Balaban J connectivity index is 1.30. The summed E-state index contributed by atoms with van der Waals surface area (Å²) in [5, 5.41) is 2.16. The van der Waals surface area contributed by atoms with E-state index in [-0.39, 0.29) is 0 Å². The minimum absolute atomic E-state index is 0.859. The van der Waals surface area contributed by atoms with Gasteiger partial charge >= 0.3 is 0 Å². The normalized spacial score (nSPS) is 11.3. The molecule has 0 bridgehead atoms. The molecule has 3 heterocycles. The van der Waals surface area contributed by atoms with E-state index in [0.29, 0.717) is 0 Å². The average molecular weight is 537 g/mol. The van der Waals surface area contributed by atoms with Gasteiger partial charge in [-0.1, -0.05) is 115 Å². The SMILES string of the molecule is c1ccc(-c2nc3cccc(-c4cccc(-c5ccc6ccc7cccnc7c6n5)c4)c3nc2-c2ccccc2)cc1. The van der Waals surface area contributed by atoms with Crippen LogP contribution in [0.15, 0.2) is 146 Å². The molecule has 0 saturated heterocycles. The molecular weight excluding hydrogens is 512 g/mol. The van der Waals surface area contributed by atoms with E-state index in [2.05, 4.69) is 96.0 Å². The Morgan fingerprint density at radius 3 is 1.81 bits per heavy atom. The lowest BCUT2D eigenvalue weighted by Gasteiger charge is -2.13. The van der Waals surface area contributed by atoms with Gasteiger partial charge in [-0.25, -0.2) is 15.0 Å². The molecule has 0 saturated carbocycles. The third kappa shape index (κ3) is 4.18. The van der Waals surface area contributed by atoms with Gasteiger partial charge < -0.3 is 0 Å². The average Bonchev–Trinajstić information content (AvgIpc) is 3.08. The van der Waals surface area contributed by atoms with Crippen LogP contribution in [0.5, 0.6) is 0 Å². The zero-order valence-electron chi connectivity index (χ0n) is 22.6. The second kappa shape index (κ2) is 10.0. The molecule has 0 spiro atoms. The van der Waals surface area contributed by atoms with Crippen molar-refractivity contribution in [2.75, 3.05) is 0 Å². The Morgan fingerprint density at radius 1 is 0.381 bits per heavy atom. The summed E-state index contributed by atoms with van der Waals surface area (Å²) in [4.78, 5) is 20.2. The molecule has 0 unspecified atom stereocenters. The Hall–Kier alpha value is -5.74. The van der Waals surface area contributed by atoms with Crippen LogP contribution in [0.3, 0.4) is 0 Å². The van der Waals surface area contributed by atoms with Crippen molar-refractivity contribution < 1.29 is 0 Å². The van der Waals surface area contributed by atoms with Crippen LogP contribution in [0.4, 0.5) is 0 Å². The van der Waals surface area contributed by atoms with Gasteiger partial charge in [-0.3, -0.25) is 4.98 Å². The molecule has 3 aromatic heterocycles. The van der Waals surface area contributed by atoms with Gasteiger partial charge in [0.05, 0.1) is 39.1 Å². The molecule has 0 aliphatic carbocycles. The molecule has 0 fully saturated rings. The van der Waals surface area contributed by atoms with Crippen LogP contribution >= 0.6 is 0 Å². The fourth-order valence-electron chi connectivity index (χ4n) is 5.64. The lowest BCUT2D eigenvalue weighted by atomic mass is 9.98. The van der Waals surface area contributed by atoms with Crippen molar-refractivity contribution in [3.05, 3.63) is 146 Å². The van der Waals surface area contributed by atoms with Crippen LogP contribution in [0.2, 0.25) is 0 Å². The van der Waals surface area contributed by atoms with Crippen molar-refractivity contribution in [3.63, 3.8) is 0 Å². The van der Waals surface area contributed by atoms with Crippen LogP contribution in [0, 0.1) is 0 Å². The first-order chi connectivity index (χ1) is 20.8. The second-order valence-corrected chi connectivity index (χ2v) is 10.3. The molecule has 0 aliphatic rings. The largest absolute Gasteiger partial charge is 0.254 e. The maximum absolute atomic E-state index is 5.29. The van der Waals surface area contributed by atoms with E-state index in [4.69, 9.17) is 15.0 Å². The van der Waals surface area contributed by atoms with E-state index >= 15 is 0 Å². The standard InChI is InChI=1S/C38H24N4/c1-3-10-25(11-4-1)36-37(26-12-5-2-6-13-26)42-38-31(17-8-18-33(38)41-36)29-14-7-15-30(24-29)32-22-21-28-20-19-27-16-9-23-39-34(27)35(28)40-32/h1-24H. The van der Waals surface area contributed by atoms with E-state index in [0.717, 1.165) is 77.7 Å². The minimum atomic E-state index is 0.859. The van der Waals surface area contributed by atoms with Gasteiger partial charge in [0.15, 0.2) is 0 Å². The molecule has 0 N–H and O–H groups in total. The van der Waals surface area contributed by atoms with Crippen LogP contribution in [-0.4, -0.2) is 19.9 Å². The van der Waals surface area contributed by atoms with Crippen molar-refractivity contribution in [1.82, 2.24) is 19.9 Å². The monoisotopic (exact) mass is 536 g/mol. The summed E-state index contributed by atoms with van der Waals surface area (Å²) in [6, 6.07) is 47.8. The number of para-hydroxylation sites is 1. The maximum atomic E-state index is 5.29. The van der Waals surface area contributed by atoms with Gasteiger partial charge in [-0.05, 0) is 29.8 Å². The number of aromatic nitrogens is 4. The quantitative estimate of drug-likeness (QED) is 0.210. The number of benzene rings is 5. The van der Waals surface area contributed by atoms with E-state index in [1.54, 1.807) is 0 Å². The van der Waals surface area contributed by atoms with E-state index in [9.17, 15) is 0 Å². The molecule has 0 amide bonds. The Labute approximate surface area is 243 Å². The summed E-state index contributed by atoms with van der Waals surface area (Å²) < 4.78 is 0. The highest BCUT2D eigenvalue weighted by Gasteiger charge is 2.16. The van der Waals surface area contributed by atoms with Crippen molar-refractivity contribution in [2.45, 2.75) is 0 Å². The van der Waals surface area contributed by atoms with E-state index in [1.807, 2.05) is 54.7 Å². The first-order valence-corrected chi connectivity index (χ1v) is 14.0. The van der Waals surface area contributed by atoms with Gasteiger partial charge in [0.1, 0.15) is 0 Å². The summed E-state index contributed by atoms with van der Waals surface area (Å²) in [6.07, 6.45) is 1.82. The molecule has 196 valence electrons. The number of pyridine rings is 2. The highest BCUT2D eigenvalue weighted by Crippen LogP contribution is 2.35. The number of fused-ring (bicyclic) bond motifs is 4. The number of hydrogen-bond donors (Lipinski definition) is 0. The third-order valence-electron chi connectivity index (χ3n) is 7.69. The molecule has 5 aromatic carbocycles. The van der Waals surface area contributed by atoms with E-state index < -0.39 is 0 Å². The molecule has 4 nitrogen and oxygen atoms in total. The molecule has 0 atom stereocenters. The molecule has 42 heavy (non-hydrogen) atoms. The highest BCUT2D eigenvalue weighted by atomic mass is 14.8. The Bertz CT molecular complexity index is 2240.